The fourth-order valence-electron chi connectivity index (χ4n) is 3.33. The zero-order valence-corrected chi connectivity index (χ0v) is 13.5. The lowest BCUT2D eigenvalue weighted by molar-refractivity contribution is 0.162. The Morgan fingerprint density at radius 2 is 1.65 bits per heavy atom. The van der Waals surface area contributed by atoms with E-state index in [4.69, 9.17) is 4.74 Å². The normalized spacial score (nSPS) is 26.4. The second-order valence-corrected chi connectivity index (χ2v) is 7.82. The quantitative estimate of drug-likeness (QED) is 0.847. The Balaban J connectivity index is 2.08. The maximum Gasteiger partial charge on any atom is 0.183 e. The molecule has 0 bridgehead atoms. The maximum absolute atomic E-state index is 13.0. The Bertz CT molecular complexity index is 828. The summed E-state index contributed by atoms with van der Waals surface area (Å²) in [5.74, 6) is -0.376. The predicted octanol–water partition coefficient (Wildman–Crippen LogP) is 2.78. The fraction of sp³-hybridized carbons (Fsp3) is 0.278. The summed E-state index contributed by atoms with van der Waals surface area (Å²) in [4.78, 5) is 0.249. The van der Waals surface area contributed by atoms with Crippen molar-refractivity contribution < 1.29 is 13.2 Å². The van der Waals surface area contributed by atoms with E-state index in [9.17, 15) is 13.7 Å². The molecule has 4 nitrogen and oxygen atoms in total. The minimum absolute atomic E-state index is 0.0970. The maximum atomic E-state index is 13.0. The highest BCUT2D eigenvalue weighted by atomic mass is 32.2. The summed E-state index contributed by atoms with van der Waals surface area (Å²) in [7, 11) is -2.12. The van der Waals surface area contributed by atoms with Crippen molar-refractivity contribution in [3.8, 4) is 6.07 Å². The van der Waals surface area contributed by atoms with E-state index in [2.05, 4.69) is 6.07 Å². The van der Waals surface area contributed by atoms with Gasteiger partial charge >= 0.3 is 0 Å². The Morgan fingerprint density at radius 3 is 2.17 bits per heavy atom. The first-order valence-corrected chi connectivity index (χ1v) is 8.86. The van der Waals surface area contributed by atoms with Gasteiger partial charge in [0.15, 0.2) is 9.84 Å². The molecule has 3 atom stereocenters. The molecule has 2 aromatic carbocycles. The largest absolute Gasteiger partial charge is 0.383 e. The summed E-state index contributed by atoms with van der Waals surface area (Å²) in [6.45, 7) is 0.0970. The van der Waals surface area contributed by atoms with Crippen LogP contribution in [0.25, 0.3) is 0 Å². The molecule has 1 saturated carbocycles. The zero-order valence-electron chi connectivity index (χ0n) is 12.7. The molecule has 0 aliphatic heterocycles. The molecule has 0 radical (unpaired) electrons. The summed E-state index contributed by atoms with van der Waals surface area (Å²) in [5, 5.41) is 8.92. The van der Waals surface area contributed by atoms with Crippen molar-refractivity contribution in [1.82, 2.24) is 0 Å². The van der Waals surface area contributed by atoms with Gasteiger partial charge in [0.25, 0.3) is 0 Å². The van der Waals surface area contributed by atoms with Crippen LogP contribution in [-0.2, 0) is 14.6 Å². The average Bonchev–Trinajstić information content (AvgIpc) is 3.27. The number of sulfone groups is 1. The molecule has 0 amide bonds. The van der Waals surface area contributed by atoms with Gasteiger partial charge in [-0.05, 0) is 17.7 Å². The molecule has 0 heterocycles. The Kier molecular flexibility index (Phi) is 3.97. The van der Waals surface area contributed by atoms with Crippen molar-refractivity contribution >= 4 is 9.84 Å². The topological polar surface area (TPSA) is 67.2 Å². The van der Waals surface area contributed by atoms with Crippen LogP contribution in [0.1, 0.15) is 11.5 Å². The van der Waals surface area contributed by atoms with Gasteiger partial charge in [0.2, 0.25) is 0 Å². The van der Waals surface area contributed by atoms with Crippen molar-refractivity contribution in [2.24, 2.45) is 5.41 Å². The van der Waals surface area contributed by atoms with Crippen LogP contribution in [0.4, 0.5) is 0 Å². The van der Waals surface area contributed by atoms with Gasteiger partial charge in [-0.3, -0.25) is 0 Å². The minimum Gasteiger partial charge on any atom is -0.383 e. The smallest absolute Gasteiger partial charge is 0.183 e. The zero-order chi connectivity index (χ0) is 16.5. The first-order chi connectivity index (χ1) is 11.1. The lowest BCUT2D eigenvalue weighted by atomic mass is 10.0. The number of hydrogen-bond acceptors (Lipinski definition) is 4. The van der Waals surface area contributed by atoms with Crippen LogP contribution in [0.3, 0.4) is 0 Å². The molecule has 0 saturated heterocycles. The van der Waals surface area contributed by atoms with Crippen molar-refractivity contribution in [1.29, 1.82) is 5.26 Å². The number of rotatable bonds is 5. The van der Waals surface area contributed by atoms with E-state index in [1.807, 2.05) is 30.3 Å². The second-order valence-electron chi connectivity index (χ2n) is 5.75. The van der Waals surface area contributed by atoms with E-state index < -0.39 is 20.5 Å². The van der Waals surface area contributed by atoms with Gasteiger partial charge in [0.05, 0.1) is 22.8 Å². The molecule has 23 heavy (non-hydrogen) atoms. The minimum atomic E-state index is -3.61. The van der Waals surface area contributed by atoms with Crippen LogP contribution in [-0.4, -0.2) is 27.4 Å². The van der Waals surface area contributed by atoms with Crippen LogP contribution in [0.2, 0.25) is 0 Å². The third kappa shape index (κ3) is 2.44. The van der Waals surface area contributed by atoms with E-state index in [1.54, 1.807) is 30.3 Å². The van der Waals surface area contributed by atoms with Crippen molar-refractivity contribution in [2.45, 2.75) is 16.1 Å². The van der Waals surface area contributed by atoms with Crippen LogP contribution < -0.4 is 0 Å². The van der Waals surface area contributed by atoms with Gasteiger partial charge in [0.1, 0.15) is 5.41 Å². The first-order valence-electron chi connectivity index (χ1n) is 7.32. The lowest BCUT2D eigenvalue weighted by Crippen LogP contribution is -2.19. The standard InChI is InChI=1S/C18H17NO3S/c1-22-13-18(12-19)16(14-8-4-2-5-9-14)17(18)23(20,21)15-10-6-3-7-11-15/h2-11,16-17H,13H2,1H3/t16-,17+,18-/m1/s1. The number of methoxy groups -OCH3 is 1. The molecule has 5 heteroatoms. The summed E-state index contributed by atoms with van der Waals surface area (Å²) in [5.41, 5.74) is -0.180. The molecular formula is C18H17NO3S. The molecular weight excluding hydrogens is 310 g/mol. The van der Waals surface area contributed by atoms with E-state index >= 15 is 0 Å². The van der Waals surface area contributed by atoms with Gasteiger partial charge < -0.3 is 4.74 Å². The van der Waals surface area contributed by atoms with E-state index in [0.29, 0.717) is 0 Å². The molecule has 3 rings (SSSR count). The molecule has 118 valence electrons. The fourth-order valence-corrected chi connectivity index (χ4v) is 5.66. The number of hydrogen-bond donors (Lipinski definition) is 0. The first kappa shape index (κ1) is 15.7. The second kappa shape index (κ2) is 5.80. The third-order valence-electron chi connectivity index (χ3n) is 4.41. The van der Waals surface area contributed by atoms with Gasteiger partial charge in [-0.25, -0.2) is 8.42 Å². The van der Waals surface area contributed by atoms with Gasteiger partial charge in [0, 0.05) is 13.0 Å². The van der Waals surface area contributed by atoms with Crippen molar-refractivity contribution in [2.75, 3.05) is 13.7 Å². The lowest BCUT2D eigenvalue weighted by Gasteiger charge is -2.08. The average molecular weight is 327 g/mol. The highest BCUT2D eigenvalue weighted by molar-refractivity contribution is 7.92. The summed E-state index contributed by atoms with van der Waals surface area (Å²) in [6, 6.07) is 19.8. The number of nitriles is 1. The number of benzene rings is 2. The van der Waals surface area contributed by atoms with Crippen LogP contribution >= 0.6 is 0 Å². The monoisotopic (exact) mass is 327 g/mol. The predicted molar refractivity (Wildman–Crippen MR) is 86.5 cm³/mol. The molecule has 0 spiro atoms. The van der Waals surface area contributed by atoms with Crippen LogP contribution in [0, 0.1) is 16.7 Å². The molecule has 0 aromatic heterocycles. The molecule has 1 aliphatic carbocycles. The Labute approximate surface area is 136 Å². The highest BCUT2D eigenvalue weighted by Crippen LogP contribution is 2.63. The number of ether oxygens (including phenoxy) is 1. The van der Waals surface area contributed by atoms with Crippen LogP contribution in [0.5, 0.6) is 0 Å². The van der Waals surface area contributed by atoms with E-state index in [-0.39, 0.29) is 17.4 Å². The van der Waals surface area contributed by atoms with Crippen LogP contribution in [0.15, 0.2) is 65.6 Å². The van der Waals surface area contributed by atoms with Gasteiger partial charge in [-0.1, -0.05) is 48.5 Å². The summed E-state index contributed by atoms with van der Waals surface area (Å²) >= 11 is 0. The molecule has 1 aliphatic rings. The van der Waals surface area contributed by atoms with E-state index in [0.717, 1.165) is 5.56 Å². The third-order valence-corrected chi connectivity index (χ3v) is 6.70. The summed E-state index contributed by atoms with van der Waals surface area (Å²) in [6.07, 6.45) is 0. The Hall–Kier alpha value is -2.16. The molecule has 2 aromatic rings. The van der Waals surface area contributed by atoms with Gasteiger partial charge in [-0.15, -0.1) is 0 Å². The SMILES string of the molecule is COC[C@]1(C#N)[C@H](c2ccccc2)[C@@H]1S(=O)(=O)c1ccccc1. The molecule has 1 fully saturated rings. The Morgan fingerprint density at radius 1 is 1.09 bits per heavy atom. The molecule has 0 unspecified atom stereocenters. The van der Waals surface area contributed by atoms with Crippen molar-refractivity contribution in [3.05, 3.63) is 66.2 Å². The highest BCUT2D eigenvalue weighted by Gasteiger charge is 2.72. The molecule has 0 N–H and O–H groups in total. The van der Waals surface area contributed by atoms with E-state index in [1.165, 1.54) is 7.11 Å². The summed E-state index contributed by atoms with van der Waals surface area (Å²) < 4.78 is 31.2. The van der Waals surface area contributed by atoms with Crippen molar-refractivity contribution in [3.63, 3.8) is 0 Å². The number of nitrogens with zero attached hydrogens (tertiary/aromatic N) is 1. The van der Waals surface area contributed by atoms with Gasteiger partial charge in [-0.2, -0.15) is 5.26 Å².